The molecule has 0 saturated carbocycles. The summed E-state index contributed by atoms with van der Waals surface area (Å²) in [5.74, 6) is -1.11. The Hall–Kier alpha value is -1.95. The van der Waals surface area contributed by atoms with Crippen LogP contribution in [0, 0.1) is 5.92 Å². The van der Waals surface area contributed by atoms with Gasteiger partial charge in [-0.3, -0.25) is 9.59 Å². The molecule has 1 heterocycles. The number of carbonyl (C=O) groups is 3. The van der Waals surface area contributed by atoms with Gasteiger partial charge in [-0.15, -0.1) is 0 Å². The predicted molar refractivity (Wildman–Crippen MR) is 85.5 cm³/mol. The molecule has 1 fully saturated rings. The minimum atomic E-state index is -1.65. The molecule has 0 aromatic heterocycles. The van der Waals surface area contributed by atoms with Gasteiger partial charge in [-0.2, -0.15) is 0 Å². The number of esters is 1. The maximum atomic E-state index is 12.6. The van der Waals surface area contributed by atoms with Crippen LogP contribution in [0.4, 0.5) is 0 Å². The lowest BCUT2D eigenvalue weighted by Gasteiger charge is -2.31. The minimum Gasteiger partial charge on any atom is -0.449 e. The van der Waals surface area contributed by atoms with Crippen molar-refractivity contribution in [1.82, 2.24) is 4.90 Å². The SMILES string of the molecule is C/C=C\C=C/C(C)C1CCCN1C(=O)[C@H](OC(C)=O)[C@@H](O)C=O. The van der Waals surface area contributed by atoms with Gasteiger partial charge in [0.1, 0.15) is 0 Å². The van der Waals surface area contributed by atoms with E-state index in [-0.39, 0.29) is 18.2 Å². The molecule has 4 atom stereocenters. The summed E-state index contributed by atoms with van der Waals surface area (Å²) in [6.07, 6.45) is 6.51. The number of hydrogen-bond donors (Lipinski definition) is 1. The van der Waals surface area contributed by atoms with Gasteiger partial charge in [0.25, 0.3) is 5.91 Å². The quantitative estimate of drug-likeness (QED) is 0.433. The topological polar surface area (TPSA) is 83.9 Å². The molecule has 6 nitrogen and oxygen atoms in total. The first kappa shape index (κ1) is 19.1. The molecule has 128 valence electrons. The van der Waals surface area contributed by atoms with E-state index in [1.54, 1.807) is 4.90 Å². The first-order chi connectivity index (χ1) is 10.9. The average molecular weight is 323 g/mol. The molecule has 1 amide bonds. The number of aldehydes is 1. The molecule has 23 heavy (non-hydrogen) atoms. The number of nitrogens with zero attached hydrogens (tertiary/aromatic N) is 1. The summed E-state index contributed by atoms with van der Waals surface area (Å²) in [6.45, 7) is 5.59. The highest BCUT2D eigenvalue weighted by Gasteiger charge is 2.39. The van der Waals surface area contributed by atoms with Crippen LogP contribution in [0.2, 0.25) is 0 Å². The molecule has 2 unspecified atom stereocenters. The largest absolute Gasteiger partial charge is 0.449 e. The van der Waals surface area contributed by atoms with Crippen molar-refractivity contribution in [2.45, 2.75) is 51.9 Å². The average Bonchev–Trinajstić information content (AvgIpc) is 3.00. The van der Waals surface area contributed by atoms with E-state index in [1.807, 2.05) is 38.2 Å². The van der Waals surface area contributed by atoms with Gasteiger partial charge in [0.05, 0.1) is 0 Å². The van der Waals surface area contributed by atoms with Crippen LogP contribution in [-0.4, -0.2) is 53.0 Å². The van der Waals surface area contributed by atoms with E-state index in [0.717, 1.165) is 19.8 Å². The van der Waals surface area contributed by atoms with Gasteiger partial charge < -0.3 is 19.5 Å². The van der Waals surface area contributed by atoms with Gasteiger partial charge >= 0.3 is 5.97 Å². The molecular formula is C17H25NO5. The zero-order valence-electron chi connectivity index (χ0n) is 13.8. The van der Waals surface area contributed by atoms with E-state index < -0.39 is 24.1 Å². The second-order valence-electron chi connectivity index (χ2n) is 5.67. The molecule has 6 heteroatoms. The fraction of sp³-hybridized carbons (Fsp3) is 0.588. The molecule has 0 aromatic carbocycles. The van der Waals surface area contributed by atoms with E-state index in [4.69, 9.17) is 4.74 Å². The van der Waals surface area contributed by atoms with Gasteiger partial charge in [-0.1, -0.05) is 31.2 Å². The van der Waals surface area contributed by atoms with Crippen molar-refractivity contribution in [3.05, 3.63) is 24.3 Å². The number of allylic oxidation sites excluding steroid dienone is 3. The molecular weight excluding hydrogens is 298 g/mol. The van der Waals surface area contributed by atoms with Crippen LogP contribution in [0.5, 0.6) is 0 Å². The monoisotopic (exact) mass is 323 g/mol. The van der Waals surface area contributed by atoms with Crippen molar-refractivity contribution in [1.29, 1.82) is 0 Å². The molecule has 1 rings (SSSR count). The third-order valence-electron chi connectivity index (χ3n) is 3.89. The summed E-state index contributed by atoms with van der Waals surface area (Å²) in [6, 6.07) is -0.0408. The van der Waals surface area contributed by atoms with Crippen LogP contribution in [-0.2, 0) is 19.1 Å². The standard InChI is InChI=1S/C17H25NO5/c1-4-5-6-8-12(2)14-9-7-10-18(14)17(22)16(15(21)11-19)23-13(3)20/h4-6,8,11-12,14-16,21H,7,9-10H2,1-3H3/b5-4-,8-6-/t12?,14?,15-,16+/m0/s1. The van der Waals surface area contributed by atoms with Crippen LogP contribution in [0.25, 0.3) is 0 Å². The Balaban J connectivity index is 2.89. The fourth-order valence-corrected chi connectivity index (χ4v) is 2.77. The lowest BCUT2D eigenvalue weighted by Crippen LogP contribution is -2.50. The number of rotatable bonds is 7. The zero-order chi connectivity index (χ0) is 17.4. The van der Waals surface area contributed by atoms with E-state index >= 15 is 0 Å². The molecule has 1 aliphatic rings. The van der Waals surface area contributed by atoms with Gasteiger partial charge in [0.15, 0.2) is 12.4 Å². The van der Waals surface area contributed by atoms with Crippen molar-refractivity contribution in [3.63, 3.8) is 0 Å². The number of aliphatic hydroxyl groups is 1. The van der Waals surface area contributed by atoms with Crippen molar-refractivity contribution in [3.8, 4) is 0 Å². The summed E-state index contributed by atoms with van der Waals surface area (Å²) < 4.78 is 4.86. The number of carbonyl (C=O) groups excluding carboxylic acids is 3. The first-order valence-corrected chi connectivity index (χ1v) is 7.82. The molecule has 0 spiro atoms. The maximum absolute atomic E-state index is 12.6. The van der Waals surface area contributed by atoms with Crippen LogP contribution in [0.1, 0.15) is 33.6 Å². The molecule has 0 aromatic rings. The normalized spacial score (nSPS) is 22.3. The van der Waals surface area contributed by atoms with Crippen molar-refractivity contribution in [2.75, 3.05) is 6.54 Å². The fourth-order valence-electron chi connectivity index (χ4n) is 2.77. The molecule has 1 saturated heterocycles. The number of amides is 1. The van der Waals surface area contributed by atoms with E-state index in [1.165, 1.54) is 0 Å². The number of hydrogen-bond acceptors (Lipinski definition) is 5. The van der Waals surface area contributed by atoms with E-state index in [9.17, 15) is 19.5 Å². The second kappa shape index (κ2) is 9.25. The van der Waals surface area contributed by atoms with Gasteiger partial charge in [-0.25, -0.2) is 0 Å². The van der Waals surface area contributed by atoms with Crippen LogP contribution < -0.4 is 0 Å². The second-order valence-corrected chi connectivity index (χ2v) is 5.67. The Morgan fingerprint density at radius 1 is 1.35 bits per heavy atom. The highest BCUT2D eigenvalue weighted by molar-refractivity contribution is 5.87. The smallest absolute Gasteiger partial charge is 0.303 e. The van der Waals surface area contributed by atoms with Gasteiger partial charge in [0, 0.05) is 19.5 Å². The molecule has 1 aliphatic heterocycles. The summed E-state index contributed by atoms with van der Waals surface area (Å²) in [5.41, 5.74) is 0. The van der Waals surface area contributed by atoms with Crippen LogP contribution in [0.15, 0.2) is 24.3 Å². The summed E-state index contributed by atoms with van der Waals surface area (Å²) in [7, 11) is 0. The Labute approximate surface area is 136 Å². The Kier molecular flexibility index (Phi) is 7.68. The van der Waals surface area contributed by atoms with Gasteiger partial charge in [-0.05, 0) is 25.7 Å². The predicted octanol–water partition coefficient (Wildman–Crippen LogP) is 1.24. The summed E-state index contributed by atoms with van der Waals surface area (Å²) >= 11 is 0. The number of aliphatic hydroxyl groups excluding tert-OH is 1. The molecule has 1 N–H and O–H groups in total. The van der Waals surface area contributed by atoms with Gasteiger partial charge in [0.2, 0.25) is 6.10 Å². The minimum absolute atomic E-state index is 0.0408. The lowest BCUT2D eigenvalue weighted by molar-refractivity contribution is -0.167. The van der Waals surface area contributed by atoms with Crippen molar-refractivity contribution >= 4 is 18.2 Å². The summed E-state index contributed by atoms with van der Waals surface area (Å²) in [5, 5.41) is 9.68. The third-order valence-corrected chi connectivity index (χ3v) is 3.89. The Bertz CT molecular complexity index is 485. The number of ether oxygens (including phenoxy) is 1. The Morgan fingerprint density at radius 2 is 2.04 bits per heavy atom. The zero-order valence-corrected chi connectivity index (χ0v) is 13.8. The summed E-state index contributed by atoms with van der Waals surface area (Å²) in [4.78, 5) is 36.2. The molecule has 0 bridgehead atoms. The van der Waals surface area contributed by atoms with E-state index in [0.29, 0.717) is 6.54 Å². The van der Waals surface area contributed by atoms with E-state index in [2.05, 4.69) is 0 Å². The van der Waals surface area contributed by atoms with Crippen LogP contribution in [0.3, 0.4) is 0 Å². The van der Waals surface area contributed by atoms with Crippen LogP contribution >= 0.6 is 0 Å². The highest BCUT2D eigenvalue weighted by atomic mass is 16.6. The van der Waals surface area contributed by atoms with Crippen molar-refractivity contribution in [2.24, 2.45) is 5.92 Å². The number of likely N-dealkylation sites (tertiary alicyclic amines) is 1. The first-order valence-electron chi connectivity index (χ1n) is 7.82. The molecule has 0 radical (unpaired) electrons. The Morgan fingerprint density at radius 3 is 2.61 bits per heavy atom. The molecule has 0 aliphatic carbocycles. The highest BCUT2D eigenvalue weighted by Crippen LogP contribution is 2.26. The lowest BCUT2D eigenvalue weighted by atomic mass is 9.98. The third kappa shape index (κ3) is 5.32. The maximum Gasteiger partial charge on any atom is 0.303 e. The van der Waals surface area contributed by atoms with Crippen molar-refractivity contribution < 1.29 is 24.2 Å².